The number of fused-ring (bicyclic) bond motifs is 3. The van der Waals surface area contributed by atoms with Gasteiger partial charge in [0.15, 0.2) is 0 Å². The molecule has 0 saturated carbocycles. The molecule has 9 heteroatoms. The zero-order valence-corrected chi connectivity index (χ0v) is 19.9. The first kappa shape index (κ1) is 23.0. The van der Waals surface area contributed by atoms with Crippen LogP contribution in [0.15, 0.2) is 23.1 Å². The summed E-state index contributed by atoms with van der Waals surface area (Å²) < 4.78 is 27.7. The van der Waals surface area contributed by atoms with Gasteiger partial charge in [0.2, 0.25) is 21.8 Å². The van der Waals surface area contributed by atoms with Gasteiger partial charge in [0, 0.05) is 32.7 Å². The third-order valence-electron chi connectivity index (χ3n) is 6.95. The molecule has 176 valence electrons. The summed E-state index contributed by atoms with van der Waals surface area (Å²) in [5.74, 6) is -0.162. The average molecular weight is 463 g/mol. The van der Waals surface area contributed by atoms with Crippen LogP contribution in [0.3, 0.4) is 0 Å². The Hall–Kier alpha value is -2.13. The van der Waals surface area contributed by atoms with Crippen molar-refractivity contribution in [2.45, 2.75) is 63.3 Å². The van der Waals surface area contributed by atoms with E-state index in [0.717, 1.165) is 63.8 Å². The van der Waals surface area contributed by atoms with Crippen LogP contribution in [0, 0.1) is 0 Å². The predicted molar refractivity (Wildman–Crippen MR) is 124 cm³/mol. The van der Waals surface area contributed by atoms with Gasteiger partial charge in [0.25, 0.3) is 0 Å². The molecule has 4 rings (SSSR count). The molecular weight excluding hydrogens is 428 g/mol. The summed E-state index contributed by atoms with van der Waals surface area (Å²) >= 11 is 0. The fourth-order valence-corrected chi connectivity index (χ4v) is 6.63. The highest BCUT2D eigenvalue weighted by atomic mass is 32.2. The quantitative estimate of drug-likeness (QED) is 0.649. The van der Waals surface area contributed by atoms with E-state index >= 15 is 0 Å². The van der Waals surface area contributed by atoms with Gasteiger partial charge in [-0.25, -0.2) is 8.42 Å². The van der Waals surface area contributed by atoms with Crippen molar-refractivity contribution in [2.75, 3.05) is 49.1 Å². The highest BCUT2D eigenvalue weighted by molar-refractivity contribution is 7.89. The maximum absolute atomic E-state index is 13.5. The minimum absolute atomic E-state index is 0.0368. The number of rotatable bonds is 6. The highest BCUT2D eigenvalue weighted by Crippen LogP contribution is 2.41. The van der Waals surface area contributed by atoms with E-state index in [0.29, 0.717) is 18.8 Å². The average Bonchev–Trinajstić information content (AvgIpc) is 2.82. The summed E-state index contributed by atoms with van der Waals surface area (Å²) in [6.07, 6.45) is 5.82. The molecule has 8 nitrogen and oxygen atoms in total. The second-order valence-corrected chi connectivity index (χ2v) is 10.7. The Labute approximate surface area is 191 Å². The molecule has 1 aromatic rings. The number of benzene rings is 1. The molecule has 3 aliphatic heterocycles. The van der Waals surface area contributed by atoms with Crippen molar-refractivity contribution in [1.29, 1.82) is 0 Å². The van der Waals surface area contributed by atoms with Crippen molar-refractivity contribution in [3.63, 3.8) is 0 Å². The van der Waals surface area contributed by atoms with Crippen LogP contribution in [0.4, 0.5) is 11.4 Å². The van der Waals surface area contributed by atoms with E-state index in [4.69, 9.17) is 0 Å². The minimum Gasteiger partial charge on any atom is -0.358 e. The number of hydrogen-bond acceptors (Lipinski definition) is 5. The third kappa shape index (κ3) is 4.12. The van der Waals surface area contributed by atoms with Gasteiger partial charge in [-0.3, -0.25) is 14.5 Å². The number of anilines is 2. The van der Waals surface area contributed by atoms with E-state index < -0.39 is 10.0 Å². The standard InChI is InChI=1S/C23H34N4O4S/c1-3-25(4-2)32(30,31)18-11-12-19-21(16-18)27(17-22(28)24-13-7-5-8-14-24)23(29)20-10-6-9-15-26(19)20/h11-12,16,20H,3-10,13-15,17H2,1-2H3/t20-/m1/s1. The zero-order chi connectivity index (χ0) is 22.9. The first-order valence-electron chi connectivity index (χ1n) is 11.9. The maximum atomic E-state index is 13.5. The number of carbonyl (C=O) groups excluding carboxylic acids is 2. The second kappa shape index (κ2) is 9.39. The number of hydrogen-bond donors (Lipinski definition) is 0. The lowest BCUT2D eigenvalue weighted by molar-refractivity contribution is -0.132. The van der Waals surface area contributed by atoms with Gasteiger partial charge in [0.1, 0.15) is 12.6 Å². The molecule has 1 aromatic carbocycles. The lowest BCUT2D eigenvalue weighted by Crippen LogP contribution is -2.57. The lowest BCUT2D eigenvalue weighted by Gasteiger charge is -2.45. The van der Waals surface area contributed by atoms with Gasteiger partial charge in [-0.1, -0.05) is 13.8 Å². The van der Waals surface area contributed by atoms with Gasteiger partial charge in [0.05, 0.1) is 16.3 Å². The molecule has 32 heavy (non-hydrogen) atoms. The fourth-order valence-electron chi connectivity index (χ4n) is 5.15. The normalized spacial score (nSPS) is 21.5. The fraction of sp³-hybridized carbons (Fsp3) is 0.652. The van der Waals surface area contributed by atoms with Crippen molar-refractivity contribution in [3.05, 3.63) is 18.2 Å². The van der Waals surface area contributed by atoms with E-state index in [1.807, 2.05) is 24.8 Å². The Balaban J connectivity index is 1.73. The minimum atomic E-state index is -3.67. The molecule has 3 aliphatic rings. The number of likely N-dealkylation sites (tertiary alicyclic amines) is 1. The summed E-state index contributed by atoms with van der Waals surface area (Å²) in [5, 5.41) is 0. The predicted octanol–water partition coefficient (Wildman–Crippen LogP) is 2.44. The van der Waals surface area contributed by atoms with Crippen LogP contribution >= 0.6 is 0 Å². The summed E-state index contributed by atoms with van der Waals surface area (Å²) in [5.41, 5.74) is 1.38. The third-order valence-corrected chi connectivity index (χ3v) is 8.99. The summed E-state index contributed by atoms with van der Waals surface area (Å²) in [6.45, 7) is 6.54. The Morgan fingerprint density at radius 1 is 1.00 bits per heavy atom. The van der Waals surface area contributed by atoms with Gasteiger partial charge < -0.3 is 9.80 Å². The summed E-state index contributed by atoms with van der Waals surface area (Å²) in [7, 11) is -3.67. The molecule has 2 amide bonds. The lowest BCUT2D eigenvalue weighted by atomic mass is 9.96. The van der Waals surface area contributed by atoms with Gasteiger partial charge in [-0.05, 0) is 56.7 Å². The molecule has 0 N–H and O–H groups in total. The Bertz CT molecular complexity index is 970. The molecule has 0 aliphatic carbocycles. The molecule has 2 fully saturated rings. The maximum Gasteiger partial charge on any atom is 0.250 e. The van der Waals surface area contributed by atoms with Crippen molar-refractivity contribution in [1.82, 2.24) is 9.21 Å². The molecule has 0 radical (unpaired) electrons. The SMILES string of the molecule is CCN(CC)S(=O)(=O)c1ccc2c(c1)N(CC(=O)N1CCCCC1)C(=O)[C@H]1CCCCN21. The number of carbonyl (C=O) groups is 2. The van der Waals surface area contributed by atoms with Crippen molar-refractivity contribution in [3.8, 4) is 0 Å². The van der Waals surface area contributed by atoms with E-state index in [2.05, 4.69) is 4.90 Å². The van der Waals surface area contributed by atoms with Crippen LogP contribution in [-0.2, 0) is 19.6 Å². The van der Waals surface area contributed by atoms with Crippen molar-refractivity contribution < 1.29 is 18.0 Å². The smallest absolute Gasteiger partial charge is 0.250 e. The first-order chi connectivity index (χ1) is 15.4. The molecule has 1 atom stereocenters. The summed E-state index contributed by atoms with van der Waals surface area (Å²) in [4.78, 5) is 32.2. The number of amides is 2. The van der Waals surface area contributed by atoms with Crippen LogP contribution in [0.5, 0.6) is 0 Å². The zero-order valence-electron chi connectivity index (χ0n) is 19.1. The first-order valence-corrected chi connectivity index (χ1v) is 13.3. The molecular formula is C23H34N4O4S. The molecule has 0 aromatic heterocycles. The molecule has 0 unspecified atom stereocenters. The van der Waals surface area contributed by atoms with Crippen molar-refractivity contribution in [2.24, 2.45) is 0 Å². The van der Waals surface area contributed by atoms with Gasteiger partial charge in [-0.15, -0.1) is 0 Å². The summed E-state index contributed by atoms with van der Waals surface area (Å²) in [6, 6.07) is 4.76. The Morgan fingerprint density at radius 2 is 1.69 bits per heavy atom. The van der Waals surface area contributed by atoms with Crippen LogP contribution < -0.4 is 9.80 Å². The Morgan fingerprint density at radius 3 is 2.38 bits per heavy atom. The van der Waals surface area contributed by atoms with Crippen LogP contribution in [-0.4, -0.2) is 74.7 Å². The monoisotopic (exact) mass is 462 g/mol. The second-order valence-electron chi connectivity index (χ2n) is 8.81. The van der Waals surface area contributed by atoms with Crippen LogP contribution in [0.1, 0.15) is 52.4 Å². The molecule has 2 saturated heterocycles. The van der Waals surface area contributed by atoms with E-state index in [1.54, 1.807) is 17.0 Å². The number of nitrogens with zero attached hydrogens (tertiary/aromatic N) is 4. The van der Waals surface area contributed by atoms with Crippen LogP contribution in [0.25, 0.3) is 0 Å². The van der Waals surface area contributed by atoms with Crippen LogP contribution in [0.2, 0.25) is 0 Å². The largest absolute Gasteiger partial charge is 0.358 e. The van der Waals surface area contributed by atoms with E-state index in [1.165, 1.54) is 4.31 Å². The molecule has 3 heterocycles. The van der Waals surface area contributed by atoms with E-state index in [-0.39, 0.29) is 29.3 Å². The van der Waals surface area contributed by atoms with Gasteiger partial charge in [-0.2, -0.15) is 4.31 Å². The molecule has 0 spiro atoms. The van der Waals surface area contributed by atoms with Gasteiger partial charge >= 0.3 is 0 Å². The highest BCUT2D eigenvalue weighted by Gasteiger charge is 2.41. The number of sulfonamides is 1. The van der Waals surface area contributed by atoms with Crippen molar-refractivity contribution >= 4 is 33.2 Å². The van der Waals surface area contributed by atoms with E-state index in [9.17, 15) is 18.0 Å². The molecule has 0 bridgehead atoms. The number of piperidine rings is 2. The topological polar surface area (TPSA) is 81.2 Å². The Kier molecular flexibility index (Phi) is 6.76.